The molecule has 1 aromatic rings. The van der Waals surface area contributed by atoms with Crippen molar-refractivity contribution in [1.29, 1.82) is 0 Å². The van der Waals surface area contributed by atoms with Crippen LogP contribution in [-0.4, -0.2) is 18.7 Å². The smallest absolute Gasteiger partial charge is 0.0790 e. The molecule has 90 valence electrons. The average Bonchev–Trinajstić information content (AvgIpc) is 2.71. The lowest BCUT2D eigenvalue weighted by Gasteiger charge is -2.14. The van der Waals surface area contributed by atoms with Gasteiger partial charge in [0, 0.05) is 25.7 Å². The number of benzene rings is 1. The normalized spacial score (nSPS) is 15.5. The molecule has 2 rings (SSSR count). The van der Waals surface area contributed by atoms with E-state index < -0.39 is 0 Å². The van der Waals surface area contributed by atoms with E-state index in [0.29, 0.717) is 0 Å². The zero-order valence-corrected chi connectivity index (χ0v) is 10.3. The zero-order valence-electron chi connectivity index (χ0n) is 10.3. The molecule has 2 nitrogen and oxygen atoms in total. The first-order chi connectivity index (χ1) is 8.22. The molecule has 0 saturated carbocycles. The van der Waals surface area contributed by atoms with Crippen LogP contribution in [0, 0.1) is 12.3 Å². The van der Waals surface area contributed by atoms with Gasteiger partial charge in [0.1, 0.15) is 0 Å². The lowest BCUT2D eigenvalue weighted by Crippen LogP contribution is -2.12. The second kappa shape index (κ2) is 5.25. The Morgan fingerprint density at radius 2 is 2.35 bits per heavy atom. The fourth-order valence-corrected chi connectivity index (χ4v) is 2.36. The number of nitrogens with zero attached hydrogens (tertiary/aromatic N) is 1. The van der Waals surface area contributed by atoms with Gasteiger partial charge in [-0.25, -0.2) is 0 Å². The molecule has 0 amide bonds. The lowest BCUT2D eigenvalue weighted by molar-refractivity contribution is 0.165. The maximum absolute atomic E-state index is 10.1. The fourth-order valence-electron chi connectivity index (χ4n) is 2.36. The molecule has 2 heteroatoms. The van der Waals surface area contributed by atoms with E-state index in [-0.39, 0.29) is 6.10 Å². The monoisotopic (exact) mass is 229 g/mol. The summed E-state index contributed by atoms with van der Waals surface area (Å²) in [7, 11) is 2.11. The second-order valence-electron chi connectivity index (χ2n) is 4.67. The van der Waals surface area contributed by atoms with Crippen molar-refractivity contribution in [3.8, 4) is 12.3 Å². The number of anilines is 1. The first-order valence-electron chi connectivity index (χ1n) is 6.18. The molecule has 1 atom stereocenters. The predicted molar refractivity (Wildman–Crippen MR) is 71.1 cm³/mol. The summed E-state index contributed by atoms with van der Waals surface area (Å²) < 4.78 is 0. The third-order valence-corrected chi connectivity index (χ3v) is 3.41. The SMILES string of the molecule is C#CCCCC(O)c1ccc2c(c1)CCN2C. The Balaban J connectivity index is 2.05. The van der Waals surface area contributed by atoms with Crippen LogP contribution < -0.4 is 4.90 Å². The highest BCUT2D eigenvalue weighted by Crippen LogP contribution is 2.30. The van der Waals surface area contributed by atoms with Crippen LogP contribution in [0.4, 0.5) is 5.69 Å². The van der Waals surface area contributed by atoms with Crippen LogP contribution in [0.3, 0.4) is 0 Å². The molecule has 17 heavy (non-hydrogen) atoms. The van der Waals surface area contributed by atoms with Gasteiger partial charge in [-0.3, -0.25) is 0 Å². The zero-order chi connectivity index (χ0) is 12.3. The third kappa shape index (κ3) is 2.62. The van der Waals surface area contributed by atoms with Crippen molar-refractivity contribution in [2.75, 3.05) is 18.5 Å². The summed E-state index contributed by atoms with van der Waals surface area (Å²) in [4.78, 5) is 2.25. The number of aliphatic hydroxyl groups is 1. The molecule has 0 aliphatic carbocycles. The number of fused-ring (bicyclic) bond motifs is 1. The van der Waals surface area contributed by atoms with Crippen molar-refractivity contribution in [1.82, 2.24) is 0 Å². The van der Waals surface area contributed by atoms with Gasteiger partial charge in [-0.1, -0.05) is 12.1 Å². The predicted octanol–water partition coefficient (Wildman–Crippen LogP) is 2.52. The summed E-state index contributed by atoms with van der Waals surface area (Å²) in [5.41, 5.74) is 3.67. The van der Waals surface area contributed by atoms with Crippen LogP contribution in [0.5, 0.6) is 0 Å². The van der Waals surface area contributed by atoms with Crippen LogP contribution in [-0.2, 0) is 6.42 Å². The molecule has 0 spiro atoms. The molecule has 1 aromatic carbocycles. The van der Waals surface area contributed by atoms with Crippen molar-refractivity contribution in [2.45, 2.75) is 31.8 Å². The van der Waals surface area contributed by atoms with Crippen LogP contribution in [0.2, 0.25) is 0 Å². The number of aliphatic hydroxyl groups excluding tert-OH is 1. The summed E-state index contributed by atoms with van der Waals surface area (Å²) in [6.07, 6.45) is 8.28. The van der Waals surface area contributed by atoms with E-state index in [1.165, 1.54) is 11.3 Å². The van der Waals surface area contributed by atoms with Crippen molar-refractivity contribution < 1.29 is 5.11 Å². The number of terminal acetylenes is 1. The number of hydrogen-bond acceptors (Lipinski definition) is 2. The van der Waals surface area contributed by atoms with Gasteiger partial charge in [0.15, 0.2) is 0 Å². The van der Waals surface area contributed by atoms with Crippen molar-refractivity contribution in [3.05, 3.63) is 29.3 Å². The maximum atomic E-state index is 10.1. The standard InChI is InChI=1S/C15H19NO/c1-3-4-5-6-15(17)13-7-8-14-12(11-13)9-10-16(14)2/h1,7-8,11,15,17H,4-6,9-10H2,2H3. The van der Waals surface area contributed by atoms with Gasteiger partial charge in [-0.2, -0.15) is 0 Å². The summed E-state index contributed by atoms with van der Waals surface area (Å²) >= 11 is 0. The molecule has 0 radical (unpaired) electrons. The number of hydrogen-bond donors (Lipinski definition) is 1. The number of likely N-dealkylation sites (N-methyl/N-ethyl adjacent to an activating group) is 1. The van der Waals surface area contributed by atoms with Crippen LogP contribution in [0.1, 0.15) is 36.5 Å². The molecule has 1 heterocycles. The highest BCUT2D eigenvalue weighted by molar-refractivity contribution is 5.58. The van der Waals surface area contributed by atoms with Gasteiger partial charge < -0.3 is 10.0 Å². The van der Waals surface area contributed by atoms with Crippen molar-refractivity contribution in [2.24, 2.45) is 0 Å². The van der Waals surface area contributed by atoms with Gasteiger partial charge in [0.25, 0.3) is 0 Å². The Hall–Kier alpha value is -1.46. The van der Waals surface area contributed by atoms with Crippen LogP contribution in [0.25, 0.3) is 0 Å². The molecule has 0 bridgehead atoms. The van der Waals surface area contributed by atoms with Crippen LogP contribution >= 0.6 is 0 Å². The van der Waals surface area contributed by atoms with E-state index in [9.17, 15) is 5.11 Å². The molecular formula is C15H19NO. The Bertz CT molecular complexity index is 433. The van der Waals surface area contributed by atoms with E-state index in [1.807, 2.05) is 6.07 Å². The molecule has 0 aromatic heterocycles. The van der Waals surface area contributed by atoms with Gasteiger partial charge in [0.2, 0.25) is 0 Å². The van der Waals surface area contributed by atoms with Gasteiger partial charge in [-0.15, -0.1) is 12.3 Å². The van der Waals surface area contributed by atoms with Crippen molar-refractivity contribution >= 4 is 5.69 Å². The quantitative estimate of drug-likeness (QED) is 0.633. The fraction of sp³-hybridized carbons (Fsp3) is 0.467. The Morgan fingerprint density at radius 3 is 3.12 bits per heavy atom. The van der Waals surface area contributed by atoms with Gasteiger partial charge in [0.05, 0.1) is 6.10 Å². The van der Waals surface area contributed by atoms with Crippen molar-refractivity contribution in [3.63, 3.8) is 0 Å². The minimum absolute atomic E-state index is 0.375. The minimum atomic E-state index is -0.375. The molecule has 0 fully saturated rings. The highest BCUT2D eigenvalue weighted by Gasteiger charge is 2.17. The molecule has 0 saturated heterocycles. The summed E-state index contributed by atoms with van der Waals surface area (Å²) in [5.74, 6) is 2.60. The average molecular weight is 229 g/mol. The Labute approximate surface area is 103 Å². The topological polar surface area (TPSA) is 23.5 Å². The van der Waals surface area contributed by atoms with E-state index in [2.05, 4.69) is 30.0 Å². The first-order valence-corrected chi connectivity index (χ1v) is 6.18. The largest absolute Gasteiger partial charge is 0.388 e. The maximum Gasteiger partial charge on any atom is 0.0790 e. The van der Waals surface area contributed by atoms with E-state index in [0.717, 1.165) is 37.8 Å². The number of unbranched alkanes of at least 4 members (excludes halogenated alkanes) is 1. The van der Waals surface area contributed by atoms with E-state index in [4.69, 9.17) is 6.42 Å². The first kappa shape index (κ1) is 12.0. The summed E-state index contributed by atoms with van der Waals surface area (Å²) in [6.45, 7) is 1.08. The van der Waals surface area contributed by atoms with Crippen LogP contribution in [0.15, 0.2) is 18.2 Å². The van der Waals surface area contributed by atoms with Gasteiger partial charge in [-0.05, 0) is 36.5 Å². The molecule has 1 N–H and O–H groups in total. The molecule has 1 aliphatic heterocycles. The van der Waals surface area contributed by atoms with Gasteiger partial charge >= 0.3 is 0 Å². The molecule has 1 aliphatic rings. The number of rotatable bonds is 4. The molecule has 1 unspecified atom stereocenters. The second-order valence-corrected chi connectivity index (χ2v) is 4.67. The summed E-state index contributed by atoms with van der Waals surface area (Å²) in [5, 5.41) is 10.1. The lowest BCUT2D eigenvalue weighted by atomic mass is 10.0. The highest BCUT2D eigenvalue weighted by atomic mass is 16.3. The minimum Gasteiger partial charge on any atom is -0.388 e. The molecular weight excluding hydrogens is 210 g/mol. The summed E-state index contributed by atoms with van der Waals surface area (Å²) in [6, 6.07) is 6.28. The van der Waals surface area contributed by atoms with E-state index in [1.54, 1.807) is 0 Å². The Kier molecular flexibility index (Phi) is 3.71. The van der Waals surface area contributed by atoms with E-state index >= 15 is 0 Å². The third-order valence-electron chi connectivity index (χ3n) is 3.41. The Morgan fingerprint density at radius 1 is 1.53 bits per heavy atom.